The lowest BCUT2D eigenvalue weighted by atomic mass is 10.2. The molecule has 0 amide bonds. The van der Waals surface area contributed by atoms with Crippen LogP contribution in [0.25, 0.3) is 0 Å². The van der Waals surface area contributed by atoms with Gasteiger partial charge in [-0.15, -0.1) is 0 Å². The Morgan fingerprint density at radius 2 is 2.31 bits per heavy atom. The van der Waals surface area contributed by atoms with E-state index in [1.54, 1.807) is 26.0 Å². The van der Waals surface area contributed by atoms with Gasteiger partial charge in [0.15, 0.2) is 5.82 Å². The number of aromatic nitrogens is 1. The van der Waals surface area contributed by atoms with Gasteiger partial charge >= 0.3 is 5.97 Å². The molecule has 16 heavy (non-hydrogen) atoms. The van der Waals surface area contributed by atoms with Crippen LogP contribution in [0.1, 0.15) is 17.3 Å². The molecule has 0 unspecified atom stereocenters. The van der Waals surface area contributed by atoms with Gasteiger partial charge in [-0.3, -0.25) is 0 Å². The molecular formula is C10H16N4O2. The Morgan fingerprint density at radius 1 is 1.62 bits per heavy atom. The summed E-state index contributed by atoms with van der Waals surface area (Å²) in [6.45, 7) is 2.06. The first-order chi connectivity index (χ1) is 7.56. The fourth-order valence-corrected chi connectivity index (χ4v) is 1.16. The van der Waals surface area contributed by atoms with Crippen LogP contribution in [0.3, 0.4) is 0 Å². The van der Waals surface area contributed by atoms with Crippen LogP contribution in [0.2, 0.25) is 0 Å². The summed E-state index contributed by atoms with van der Waals surface area (Å²) in [6.07, 6.45) is 1.51. The molecule has 1 aromatic heterocycles. The second-order valence-electron chi connectivity index (χ2n) is 3.35. The molecule has 1 rings (SSSR count). The van der Waals surface area contributed by atoms with Crippen molar-refractivity contribution in [1.29, 1.82) is 0 Å². The summed E-state index contributed by atoms with van der Waals surface area (Å²) in [7, 11) is 3.61. The van der Waals surface area contributed by atoms with Gasteiger partial charge in [-0.25, -0.2) is 14.8 Å². The van der Waals surface area contributed by atoms with Crippen molar-refractivity contribution < 1.29 is 9.53 Å². The zero-order chi connectivity index (χ0) is 12.1. The van der Waals surface area contributed by atoms with Gasteiger partial charge in [0.1, 0.15) is 0 Å². The predicted molar refractivity (Wildman–Crippen MR) is 61.9 cm³/mol. The highest BCUT2D eigenvalue weighted by molar-refractivity contribution is 5.97. The maximum atomic E-state index is 11.5. The lowest BCUT2D eigenvalue weighted by Crippen LogP contribution is -2.22. The number of pyridine rings is 1. The number of hydrazine groups is 1. The molecule has 0 spiro atoms. The van der Waals surface area contributed by atoms with Crippen molar-refractivity contribution in [3.05, 3.63) is 17.8 Å². The van der Waals surface area contributed by atoms with E-state index in [1.165, 1.54) is 12.3 Å². The molecule has 1 heterocycles. The Hall–Kier alpha value is -1.82. The van der Waals surface area contributed by atoms with Crippen molar-refractivity contribution in [2.75, 3.05) is 31.9 Å². The number of nitrogens with two attached hydrogens (primary N) is 1. The first-order valence-corrected chi connectivity index (χ1v) is 4.91. The molecule has 6 heteroatoms. The summed E-state index contributed by atoms with van der Waals surface area (Å²) in [5, 5.41) is 1.69. The quantitative estimate of drug-likeness (QED) is 0.579. The minimum absolute atomic E-state index is 0.287. The van der Waals surface area contributed by atoms with E-state index in [1.807, 2.05) is 0 Å². The molecule has 0 aromatic carbocycles. The van der Waals surface area contributed by atoms with Crippen LogP contribution in [-0.2, 0) is 4.74 Å². The molecule has 6 nitrogen and oxygen atoms in total. The third-order valence-electron chi connectivity index (χ3n) is 1.81. The first-order valence-electron chi connectivity index (χ1n) is 4.91. The number of nitrogens with zero attached hydrogens (tertiary/aromatic N) is 2. The topological polar surface area (TPSA) is 80.5 Å². The SMILES string of the molecule is CCOC(=O)c1ccnc(NN(C)C)c1N. The summed E-state index contributed by atoms with van der Waals surface area (Å²) in [4.78, 5) is 15.6. The molecule has 0 aliphatic heterocycles. The monoisotopic (exact) mass is 224 g/mol. The van der Waals surface area contributed by atoms with Gasteiger partial charge in [0, 0.05) is 20.3 Å². The summed E-state index contributed by atoms with van der Waals surface area (Å²) in [6, 6.07) is 1.54. The van der Waals surface area contributed by atoms with E-state index in [9.17, 15) is 4.79 Å². The highest BCUT2D eigenvalue weighted by atomic mass is 16.5. The number of hydrogen-bond donors (Lipinski definition) is 2. The smallest absolute Gasteiger partial charge is 0.340 e. The van der Waals surface area contributed by atoms with E-state index in [-0.39, 0.29) is 5.69 Å². The van der Waals surface area contributed by atoms with Gasteiger partial charge in [0.2, 0.25) is 0 Å². The third-order valence-corrected chi connectivity index (χ3v) is 1.81. The van der Waals surface area contributed by atoms with Crippen LogP contribution < -0.4 is 11.2 Å². The van der Waals surface area contributed by atoms with Crippen LogP contribution in [0.15, 0.2) is 12.3 Å². The summed E-state index contributed by atoms with van der Waals surface area (Å²) >= 11 is 0. The number of anilines is 2. The number of hydrogen-bond acceptors (Lipinski definition) is 6. The van der Waals surface area contributed by atoms with E-state index in [2.05, 4.69) is 10.4 Å². The van der Waals surface area contributed by atoms with Gasteiger partial charge in [-0.1, -0.05) is 0 Å². The Labute approximate surface area is 94.4 Å². The second kappa shape index (κ2) is 5.32. The zero-order valence-electron chi connectivity index (χ0n) is 9.65. The molecule has 0 saturated carbocycles. The number of rotatable bonds is 4. The molecule has 0 atom stereocenters. The van der Waals surface area contributed by atoms with Crippen molar-refractivity contribution in [2.24, 2.45) is 0 Å². The first kappa shape index (κ1) is 12.3. The maximum absolute atomic E-state index is 11.5. The van der Waals surface area contributed by atoms with Crippen LogP contribution in [-0.4, -0.2) is 36.7 Å². The van der Waals surface area contributed by atoms with E-state index in [4.69, 9.17) is 10.5 Å². The van der Waals surface area contributed by atoms with Gasteiger partial charge in [-0.2, -0.15) is 0 Å². The molecule has 88 valence electrons. The third kappa shape index (κ3) is 2.83. The number of nitrogen functional groups attached to an aromatic ring is 1. The van der Waals surface area contributed by atoms with E-state index in [0.717, 1.165) is 0 Å². The molecule has 0 radical (unpaired) electrons. The van der Waals surface area contributed by atoms with E-state index in [0.29, 0.717) is 18.0 Å². The average molecular weight is 224 g/mol. The standard InChI is InChI=1S/C10H16N4O2/c1-4-16-10(15)7-5-6-12-9(8(7)11)13-14(2)3/h5-6H,4,11H2,1-3H3,(H,12,13). The minimum atomic E-state index is -0.441. The fourth-order valence-electron chi connectivity index (χ4n) is 1.16. The Balaban J connectivity index is 2.99. The van der Waals surface area contributed by atoms with Crippen molar-refractivity contribution in [3.63, 3.8) is 0 Å². The zero-order valence-corrected chi connectivity index (χ0v) is 9.65. The Bertz CT molecular complexity index is 379. The van der Waals surface area contributed by atoms with Crippen LogP contribution in [0.4, 0.5) is 11.5 Å². The van der Waals surface area contributed by atoms with Crippen LogP contribution in [0.5, 0.6) is 0 Å². The lowest BCUT2D eigenvalue weighted by molar-refractivity contribution is 0.0527. The van der Waals surface area contributed by atoms with Crippen molar-refractivity contribution >= 4 is 17.5 Å². The molecule has 0 aliphatic rings. The van der Waals surface area contributed by atoms with Gasteiger partial charge in [0.25, 0.3) is 0 Å². The molecule has 3 N–H and O–H groups in total. The summed E-state index contributed by atoms with van der Waals surface area (Å²) < 4.78 is 4.88. The normalized spacial score (nSPS) is 10.2. The number of carbonyl (C=O) groups excluding carboxylic acids is 1. The van der Waals surface area contributed by atoms with Gasteiger partial charge < -0.3 is 15.9 Å². The fraction of sp³-hybridized carbons (Fsp3) is 0.400. The Morgan fingerprint density at radius 3 is 2.88 bits per heavy atom. The lowest BCUT2D eigenvalue weighted by Gasteiger charge is -2.15. The largest absolute Gasteiger partial charge is 0.462 e. The average Bonchev–Trinajstić information content (AvgIpc) is 2.21. The molecule has 0 bridgehead atoms. The van der Waals surface area contributed by atoms with E-state index >= 15 is 0 Å². The number of ether oxygens (including phenoxy) is 1. The van der Waals surface area contributed by atoms with Crippen LogP contribution >= 0.6 is 0 Å². The minimum Gasteiger partial charge on any atom is -0.462 e. The molecule has 1 aromatic rings. The molecule has 0 fully saturated rings. The Kier molecular flexibility index (Phi) is 4.07. The molecule has 0 saturated heterocycles. The second-order valence-corrected chi connectivity index (χ2v) is 3.35. The number of nitrogens with one attached hydrogen (secondary N) is 1. The van der Waals surface area contributed by atoms with Crippen molar-refractivity contribution in [1.82, 2.24) is 9.99 Å². The van der Waals surface area contributed by atoms with E-state index < -0.39 is 5.97 Å². The summed E-state index contributed by atoms with van der Waals surface area (Å²) in [5.74, 6) is -0.000223. The highest BCUT2D eigenvalue weighted by Crippen LogP contribution is 2.20. The number of esters is 1. The molecular weight excluding hydrogens is 208 g/mol. The predicted octanol–water partition coefficient (Wildman–Crippen LogP) is 0.729. The van der Waals surface area contributed by atoms with Gasteiger partial charge in [-0.05, 0) is 13.0 Å². The number of carbonyl (C=O) groups is 1. The molecule has 0 aliphatic carbocycles. The van der Waals surface area contributed by atoms with Gasteiger partial charge in [0.05, 0.1) is 17.9 Å². The highest BCUT2D eigenvalue weighted by Gasteiger charge is 2.14. The van der Waals surface area contributed by atoms with Crippen molar-refractivity contribution in [3.8, 4) is 0 Å². The maximum Gasteiger partial charge on any atom is 0.340 e. The van der Waals surface area contributed by atoms with Crippen molar-refractivity contribution in [2.45, 2.75) is 6.92 Å². The summed E-state index contributed by atoms with van der Waals surface area (Å²) in [5.41, 5.74) is 9.32. The van der Waals surface area contributed by atoms with Crippen LogP contribution in [0, 0.1) is 0 Å².